The Morgan fingerprint density at radius 1 is 1.28 bits per heavy atom. The van der Waals surface area contributed by atoms with Crippen molar-refractivity contribution in [2.45, 2.75) is 83.1 Å². The van der Waals surface area contributed by atoms with Crippen molar-refractivity contribution >= 4 is 7.85 Å². The number of rotatable bonds is 7. The lowest BCUT2D eigenvalue weighted by Gasteiger charge is -2.44. The Bertz CT molecular complexity index is 677. The van der Waals surface area contributed by atoms with Gasteiger partial charge in [-0.25, -0.2) is 4.39 Å². The van der Waals surface area contributed by atoms with Crippen LogP contribution in [0.2, 0.25) is 6.32 Å². The summed E-state index contributed by atoms with van der Waals surface area (Å²) in [4.78, 5) is 2.55. The molecule has 1 fully saturated rings. The van der Waals surface area contributed by atoms with E-state index >= 15 is 0 Å². The molecule has 3 rings (SSSR count). The quantitative estimate of drug-likeness (QED) is 0.362. The minimum absolute atomic E-state index is 0.118. The van der Waals surface area contributed by atoms with Crippen molar-refractivity contribution in [2.75, 3.05) is 13.1 Å². The number of nitrogens with zero attached hydrogens (tertiary/aromatic N) is 1. The van der Waals surface area contributed by atoms with Gasteiger partial charge in [0.05, 0.1) is 7.85 Å². The molecule has 1 aliphatic carbocycles. The Hall–Kier alpha value is -1.35. The molecule has 0 spiro atoms. The van der Waals surface area contributed by atoms with Crippen molar-refractivity contribution in [2.24, 2.45) is 11.7 Å². The van der Waals surface area contributed by atoms with Crippen LogP contribution in [0.4, 0.5) is 4.39 Å². The summed E-state index contributed by atoms with van der Waals surface area (Å²) < 4.78 is 13.8. The van der Waals surface area contributed by atoms with Crippen molar-refractivity contribution in [3.8, 4) is 0 Å². The molecule has 2 atom stereocenters. The molecule has 0 bridgehead atoms. The van der Waals surface area contributed by atoms with E-state index in [0.29, 0.717) is 18.3 Å². The number of nitrogens with two attached hydrogens (primary N) is 1. The molecule has 29 heavy (non-hydrogen) atoms. The zero-order valence-electron chi connectivity index (χ0n) is 18.4. The molecule has 1 aromatic carbocycles. The van der Waals surface area contributed by atoms with Crippen LogP contribution in [0.3, 0.4) is 0 Å². The number of likely N-dealkylation sites (tertiary alicyclic amines) is 1. The van der Waals surface area contributed by atoms with Crippen LogP contribution in [0.25, 0.3) is 0 Å². The molecule has 0 amide bonds. The van der Waals surface area contributed by atoms with E-state index in [2.05, 4.69) is 17.2 Å². The first kappa shape index (κ1) is 23.9. The van der Waals surface area contributed by atoms with Crippen LogP contribution in [0.1, 0.15) is 76.0 Å². The lowest BCUT2D eigenvalue weighted by atomic mass is 9.74. The van der Waals surface area contributed by atoms with Crippen molar-refractivity contribution in [1.82, 2.24) is 4.90 Å². The second kappa shape index (κ2) is 11.7. The highest BCUT2D eigenvalue weighted by Gasteiger charge is 2.37. The van der Waals surface area contributed by atoms with Crippen molar-refractivity contribution in [3.05, 3.63) is 53.5 Å². The van der Waals surface area contributed by atoms with E-state index in [1.54, 1.807) is 12.1 Å². The number of unbranched alkanes of at least 4 members (excludes halogenated alkanes) is 1. The lowest BCUT2D eigenvalue weighted by molar-refractivity contribution is 0.0957. The molecule has 2 N–H and O–H groups in total. The molecule has 1 aromatic rings. The number of fused-ring (bicyclic) bond motifs is 1. The largest absolute Gasteiger partial charge is 0.321 e. The molecular formula is C25H38BFN2. The Balaban J connectivity index is 0.00000145. The monoisotopic (exact) mass is 396 g/mol. The summed E-state index contributed by atoms with van der Waals surface area (Å²) in [5.41, 5.74) is 11.9. The first-order valence-corrected chi connectivity index (χ1v) is 11.5. The van der Waals surface area contributed by atoms with Crippen LogP contribution < -0.4 is 5.73 Å². The minimum atomic E-state index is -0.334. The van der Waals surface area contributed by atoms with Gasteiger partial charge in [-0.2, -0.15) is 0 Å². The van der Waals surface area contributed by atoms with E-state index in [1.807, 2.05) is 26.0 Å². The molecule has 2 unspecified atom stereocenters. The summed E-state index contributed by atoms with van der Waals surface area (Å²) in [5.74, 6) is 0.323. The van der Waals surface area contributed by atoms with Gasteiger partial charge in [-0.1, -0.05) is 45.7 Å². The number of hydrogen-bond acceptors (Lipinski definition) is 2. The average Bonchev–Trinajstić information content (AvgIpc) is 2.75. The maximum atomic E-state index is 13.8. The highest BCUT2D eigenvalue weighted by Crippen LogP contribution is 2.39. The van der Waals surface area contributed by atoms with E-state index < -0.39 is 0 Å². The SMILES string of the molecule is CC.[B]CCCCC(N)(C=C=C)C1CCN(C2CCCc3ccc(F)cc32)CC1. The van der Waals surface area contributed by atoms with Crippen LogP contribution in [-0.4, -0.2) is 31.4 Å². The third-order valence-corrected chi connectivity index (χ3v) is 6.56. The number of hydrogen-bond donors (Lipinski definition) is 1. The van der Waals surface area contributed by atoms with Crippen LogP contribution >= 0.6 is 0 Å². The van der Waals surface area contributed by atoms with E-state index in [9.17, 15) is 4.39 Å². The highest BCUT2D eigenvalue weighted by atomic mass is 19.1. The predicted octanol–water partition coefficient (Wildman–Crippen LogP) is 5.74. The second-order valence-corrected chi connectivity index (χ2v) is 8.27. The third-order valence-electron chi connectivity index (χ3n) is 6.56. The van der Waals surface area contributed by atoms with Gasteiger partial charge in [0.2, 0.25) is 0 Å². The number of benzene rings is 1. The van der Waals surface area contributed by atoms with Crippen molar-refractivity contribution < 1.29 is 4.39 Å². The Labute approximate surface area is 178 Å². The van der Waals surface area contributed by atoms with Crippen molar-refractivity contribution in [3.63, 3.8) is 0 Å². The number of piperidine rings is 1. The lowest BCUT2D eigenvalue weighted by Crippen LogP contribution is -2.50. The molecule has 2 radical (unpaired) electrons. The fourth-order valence-corrected chi connectivity index (χ4v) is 5.03. The molecule has 1 saturated heterocycles. The zero-order valence-corrected chi connectivity index (χ0v) is 18.4. The van der Waals surface area contributed by atoms with Gasteiger partial charge >= 0.3 is 0 Å². The minimum Gasteiger partial charge on any atom is -0.321 e. The maximum absolute atomic E-state index is 13.8. The van der Waals surface area contributed by atoms with Crippen LogP contribution in [-0.2, 0) is 6.42 Å². The molecule has 0 saturated carbocycles. The Kier molecular flexibility index (Phi) is 9.69. The summed E-state index contributed by atoms with van der Waals surface area (Å²) in [5, 5.41) is 0. The zero-order chi connectivity index (χ0) is 21.3. The second-order valence-electron chi connectivity index (χ2n) is 8.27. The third kappa shape index (κ3) is 6.07. The van der Waals surface area contributed by atoms with Crippen LogP contribution in [0, 0.1) is 11.7 Å². The van der Waals surface area contributed by atoms with Gasteiger partial charge in [0, 0.05) is 11.6 Å². The molecule has 158 valence electrons. The summed E-state index contributed by atoms with van der Waals surface area (Å²) in [7, 11) is 5.65. The molecule has 2 aliphatic rings. The summed E-state index contributed by atoms with van der Waals surface area (Å²) in [6.45, 7) is 9.80. The number of halogens is 1. The van der Waals surface area contributed by atoms with Crippen molar-refractivity contribution in [1.29, 1.82) is 0 Å². The topological polar surface area (TPSA) is 29.3 Å². The van der Waals surface area contributed by atoms with Crippen LogP contribution in [0.5, 0.6) is 0 Å². The van der Waals surface area contributed by atoms with Gasteiger partial charge in [-0.05, 0) is 86.9 Å². The average molecular weight is 396 g/mol. The van der Waals surface area contributed by atoms with E-state index in [1.165, 1.54) is 17.5 Å². The fraction of sp³-hybridized carbons (Fsp3) is 0.640. The predicted molar refractivity (Wildman–Crippen MR) is 123 cm³/mol. The van der Waals surface area contributed by atoms with Gasteiger partial charge in [0.25, 0.3) is 0 Å². The fourth-order valence-electron chi connectivity index (χ4n) is 5.03. The molecule has 4 heteroatoms. The normalized spacial score (nSPS) is 21.9. The Morgan fingerprint density at radius 2 is 2.00 bits per heavy atom. The number of aryl methyl sites for hydroxylation is 1. The van der Waals surface area contributed by atoms with Gasteiger partial charge in [-0.3, -0.25) is 4.90 Å². The van der Waals surface area contributed by atoms with Gasteiger partial charge in [-0.15, -0.1) is 5.73 Å². The van der Waals surface area contributed by atoms with Gasteiger partial charge in [0.15, 0.2) is 0 Å². The molecular weight excluding hydrogens is 358 g/mol. The molecule has 0 aromatic heterocycles. The Morgan fingerprint density at radius 3 is 2.66 bits per heavy atom. The standard InChI is InChI=1S/C23H32BFN2.C2H6/c1-2-12-23(26,13-3-4-14-24)19-10-15-27(16-11-19)22-7-5-6-18-8-9-20(25)17-21(18)22;1-2/h8-9,12,17,19,22H,1,3-7,10-11,13-16,26H2;1-2H3. The maximum Gasteiger partial charge on any atom is 0.123 e. The molecule has 1 heterocycles. The molecule has 1 aliphatic heterocycles. The summed E-state index contributed by atoms with van der Waals surface area (Å²) >= 11 is 0. The first-order chi connectivity index (χ1) is 14.1. The van der Waals surface area contributed by atoms with E-state index in [0.717, 1.165) is 58.0 Å². The van der Waals surface area contributed by atoms with E-state index in [4.69, 9.17) is 13.6 Å². The first-order valence-electron chi connectivity index (χ1n) is 11.5. The summed E-state index contributed by atoms with van der Waals surface area (Å²) in [6, 6.07) is 5.68. The highest BCUT2D eigenvalue weighted by molar-refractivity contribution is 6.08. The summed E-state index contributed by atoms with van der Waals surface area (Å²) in [6.07, 6.45) is 11.2. The van der Waals surface area contributed by atoms with E-state index in [-0.39, 0.29) is 11.4 Å². The van der Waals surface area contributed by atoms with Gasteiger partial charge in [0.1, 0.15) is 5.82 Å². The van der Waals surface area contributed by atoms with Crippen LogP contribution in [0.15, 0.2) is 36.6 Å². The molecule has 2 nitrogen and oxygen atoms in total. The van der Waals surface area contributed by atoms with Gasteiger partial charge < -0.3 is 5.73 Å². The smallest absolute Gasteiger partial charge is 0.123 e.